The van der Waals surface area contributed by atoms with Crippen LogP contribution in [-0.2, 0) is 9.53 Å². The summed E-state index contributed by atoms with van der Waals surface area (Å²) in [5.41, 5.74) is 2.14. The van der Waals surface area contributed by atoms with E-state index >= 15 is 0 Å². The summed E-state index contributed by atoms with van der Waals surface area (Å²) in [6, 6.07) is 9.30. The van der Waals surface area contributed by atoms with Crippen LogP contribution in [0.1, 0.15) is 116 Å². The number of carbonyl (C=O) groups is 2. The van der Waals surface area contributed by atoms with Gasteiger partial charge in [-0.05, 0) is 130 Å². The number of allylic oxidation sites excluding steroid dienone is 2. The second-order valence-corrected chi connectivity index (χ2v) is 14.7. The summed E-state index contributed by atoms with van der Waals surface area (Å²) in [4.78, 5) is 26.2. The fourth-order valence-corrected chi connectivity index (χ4v) is 9.55. The zero-order chi connectivity index (χ0) is 27.3. The smallest absolute Gasteiger partial charge is 0.338 e. The monoisotopic (exact) mass is 518 g/mol. The van der Waals surface area contributed by atoms with E-state index in [0.717, 1.165) is 31.6 Å². The van der Waals surface area contributed by atoms with Crippen molar-refractivity contribution in [2.24, 2.45) is 46.3 Å². The van der Waals surface area contributed by atoms with Crippen molar-refractivity contribution >= 4 is 11.8 Å². The third-order valence-electron chi connectivity index (χ3n) is 11.8. The first-order valence-electron chi connectivity index (χ1n) is 15.5. The molecular formula is C35H50O3. The summed E-state index contributed by atoms with van der Waals surface area (Å²) in [6.45, 7) is 13.9. The SMILES string of the molecule is C[C@H]1CCC2(C)C(=CC(=O)C3C2CCC2(C)C([C@H](C)CCCC(C)(C)OC(=O)c4ccccc4)CC[C@@H]32)C1. The highest BCUT2D eigenvalue weighted by Gasteiger charge is 2.61. The molecule has 3 nitrogen and oxygen atoms in total. The minimum absolute atomic E-state index is 0.234. The van der Waals surface area contributed by atoms with E-state index in [1.54, 1.807) is 0 Å². The van der Waals surface area contributed by atoms with Crippen LogP contribution in [0.3, 0.4) is 0 Å². The molecule has 3 fully saturated rings. The molecule has 0 amide bonds. The van der Waals surface area contributed by atoms with Crippen molar-refractivity contribution in [2.45, 2.75) is 111 Å². The molecule has 0 N–H and O–H groups in total. The molecule has 1 aromatic carbocycles. The van der Waals surface area contributed by atoms with E-state index in [9.17, 15) is 9.59 Å². The Morgan fingerprint density at radius 2 is 1.79 bits per heavy atom. The molecule has 0 bridgehead atoms. The highest BCUT2D eigenvalue weighted by molar-refractivity contribution is 5.94. The lowest BCUT2D eigenvalue weighted by molar-refractivity contribution is -0.134. The molecule has 5 unspecified atom stereocenters. The number of hydrogen-bond donors (Lipinski definition) is 0. The zero-order valence-electron chi connectivity index (χ0n) is 24.7. The number of carbonyl (C=O) groups excluding carboxylic acids is 2. The first-order chi connectivity index (χ1) is 17.9. The first kappa shape index (κ1) is 27.7. The van der Waals surface area contributed by atoms with Gasteiger partial charge >= 0.3 is 5.97 Å². The van der Waals surface area contributed by atoms with Crippen LogP contribution in [0.2, 0.25) is 0 Å². The maximum atomic E-state index is 13.6. The third kappa shape index (κ3) is 4.92. The minimum atomic E-state index is -0.474. The van der Waals surface area contributed by atoms with Gasteiger partial charge in [-0.2, -0.15) is 0 Å². The van der Waals surface area contributed by atoms with Crippen LogP contribution >= 0.6 is 0 Å². The number of rotatable bonds is 7. The second kappa shape index (κ2) is 10.3. The molecule has 0 aromatic heterocycles. The van der Waals surface area contributed by atoms with Gasteiger partial charge in [0.25, 0.3) is 0 Å². The molecule has 1 aromatic rings. The average molecular weight is 519 g/mol. The van der Waals surface area contributed by atoms with Gasteiger partial charge in [0.15, 0.2) is 5.78 Å². The fourth-order valence-electron chi connectivity index (χ4n) is 9.55. The molecule has 0 saturated heterocycles. The van der Waals surface area contributed by atoms with E-state index in [-0.39, 0.29) is 22.7 Å². The number of ether oxygens (including phenoxy) is 1. The van der Waals surface area contributed by atoms with Gasteiger partial charge in [-0.15, -0.1) is 0 Å². The Bertz CT molecular complexity index is 1070. The maximum absolute atomic E-state index is 13.6. The van der Waals surface area contributed by atoms with Gasteiger partial charge in [-0.1, -0.05) is 57.9 Å². The van der Waals surface area contributed by atoms with Gasteiger partial charge in [0.2, 0.25) is 0 Å². The normalized spacial score (nSPS) is 37.5. The second-order valence-electron chi connectivity index (χ2n) is 14.7. The maximum Gasteiger partial charge on any atom is 0.338 e. The molecular weight excluding hydrogens is 468 g/mol. The van der Waals surface area contributed by atoms with Gasteiger partial charge in [-0.3, -0.25) is 4.79 Å². The number of benzene rings is 1. The van der Waals surface area contributed by atoms with Crippen LogP contribution in [0.25, 0.3) is 0 Å². The van der Waals surface area contributed by atoms with Gasteiger partial charge < -0.3 is 4.74 Å². The van der Waals surface area contributed by atoms with E-state index in [1.807, 2.05) is 44.2 Å². The van der Waals surface area contributed by atoms with Crippen LogP contribution < -0.4 is 0 Å². The number of esters is 1. The van der Waals surface area contributed by atoms with Crippen molar-refractivity contribution in [3.05, 3.63) is 47.5 Å². The molecule has 4 aliphatic rings. The van der Waals surface area contributed by atoms with Crippen LogP contribution in [0.15, 0.2) is 42.0 Å². The number of fused-ring (bicyclic) bond motifs is 5. The molecule has 8 atom stereocenters. The number of hydrogen-bond acceptors (Lipinski definition) is 3. The molecule has 0 heterocycles. The number of ketones is 1. The largest absolute Gasteiger partial charge is 0.456 e. The molecule has 4 aliphatic carbocycles. The summed E-state index contributed by atoms with van der Waals surface area (Å²) in [5.74, 6) is 3.58. The van der Waals surface area contributed by atoms with Crippen molar-refractivity contribution in [3.63, 3.8) is 0 Å². The molecule has 0 radical (unpaired) electrons. The average Bonchev–Trinajstić information content (AvgIpc) is 3.22. The van der Waals surface area contributed by atoms with Crippen molar-refractivity contribution < 1.29 is 14.3 Å². The molecule has 208 valence electrons. The lowest BCUT2D eigenvalue weighted by Gasteiger charge is -2.57. The molecule has 0 aliphatic heterocycles. The van der Waals surface area contributed by atoms with Crippen LogP contribution in [0, 0.1) is 46.3 Å². The van der Waals surface area contributed by atoms with Crippen LogP contribution in [-0.4, -0.2) is 17.4 Å². The summed E-state index contributed by atoms with van der Waals surface area (Å²) >= 11 is 0. The highest BCUT2D eigenvalue weighted by Crippen LogP contribution is 2.67. The standard InChI is InChI=1S/C35H50O3/c1-23-16-19-34(5)26(21-23)22-30(36)31-28-15-14-27(35(28,6)20-17-29(31)34)24(2)11-10-18-33(3,4)38-32(37)25-12-8-7-9-13-25/h7-9,12-13,22-24,27-29,31H,10-11,14-21H2,1-6H3/t23-,24+,27?,28-,29?,31?,34?,35?/m0/s1. The lowest BCUT2D eigenvalue weighted by Crippen LogP contribution is -2.53. The van der Waals surface area contributed by atoms with Crippen molar-refractivity contribution in [1.82, 2.24) is 0 Å². The van der Waals surface area contributed by atoms with Gasteiger partial charge in [-0.25, -0.2) is 4.79 Å². The predicted molar refractivity (Wildman–Crippen MR) is 154 cm³/mol. The Hall–Kier alpha value is -1.90. The van der Waals surface area contributed by atoms with Crippen LogP contribution in [0.4, 0.5) is 0 Å². The fraction of sp³-hybridized carbons (Fsp3) is 0.714. The summed E-state index contributed by atoms with van der Waals surface area (Å²) in [5, 5.41) is 0. The summed E-state index contributed by atoms with van der Waals surface area (Å²) in [7, 11) is 0. The predicted octanol–water partition coefficient (Wildman–Crippen LogP) is 8.82. The van der Waals surface area contributed by atoms with Gasteiger partial charge in [0, 0.05) is 5.92 Å². The zero-order valence-corrected chi connectivity index (χ0v) is 24.7. The topological polar surface area (TPSA) is 43.4 Å². The van der Waals surface area contributed by atoms with E-state index in [1.165, 1.54) is 44.1 Å². The van der Waals surface area contributed by atoms with E-state index in [2.05, 4.69) is 33.8 Å². The molecule has 3 saturated carbocycles. The van der Waals surface area contributed by atoms with Crippen LogP contribution in [0.5, 0.6) is 0 Å². The van der Waals surface area contributed by atoms with Crippen molar-refractivity contribution in [1.29, 1.82) is 0 Å². The molecule has 38 heavy (non-hydrogen) atoms. The third-order valence-corrected chi connectivity index (χ3v) is 11.8. The minimum Gasteiger partial charge on any atom is -0.456 e. The molecule has 5 rings (SSSR count). The Kier molecular flexibility index (Phi) is 7.46. The Balaban J connectivity index is 1.21. The lowest BCUT2D eigenvalue weighted by atomic mass is 9.46. The quantitative estimate of drug-likeness (QED) is 0.339. The summed E-state index contributed by atoms with van der Waals surface area (Å²) in [6.07, 6.45) is 13.9. The van der Waals surface area contributed by atoms with Crippen molar-refractivity contribution in [3.8, 4) is 0 Å². The molecule has 3 heteroatoms. The highest BCUT2D eigenvalue weighted by atomic mass is 16.6. The van der Waals surface area contributed by atoms with E-state index < -0.39 is 5.60 Å². The Labute approximate surface area is 231 Å². The van der Waals surface area contributed by atoms with Gasteiger partial charge in [0.05, 0.1) is 5.56 Å². The molecule has 0 spiro atoms. The summed E-state index contributed by atoms with van der Waals surface area (Å²) < 4.78 is 5.89. The van der Waals surface area contributed by atoms with E-state index in [0.29, 0.717) is 35.0 Å². The van der Waals surface area contributed by atoms with Crippen molar-refractivity contribution in [2.75, 3.05) is 0 Å². The van der Waals surface area contributed by atoms with E-state index in [4.69, 9.17) is 4.74 Å². The Morgan fingerprint density at radius 1 is 1.05 bits per heavy atom. The van der Waals surface area contributed by atoms with Gasteiger partial charge in [0.1, 0.15) is 5.60 Å². The Morgan fingerprint density at radius 3 is 2.53 bits per heavy atom. The first-order valence-corrected chi connectivity index (χ1v) is 15.5.